The number of ether oxygens (including phenoxy) is 2. The van der Waals surface area contributed by atoms with E-state index in [1.165, 1.54) is 0 Å². The maximum atomic E-state index is 5.69. The Morgan fingerprint density at radius 3 is 3.04 bits per heavy atom. The Hall–Kier alpha value is -2.45. The fourth-order valence-corrected chi connectivity index (χ4v) is 3.35. The predicted molar refractivity (Wildman–Crippen MR) is 100 cm³/mol. The van der Waals surface area contributed by atoms with Gasteiger partial charge in [0, 0.05) is 18.5 Å². The summed E-state index contributed by atoms with van der Waals surface area (Å²) in [5.74, 6) is 1.93. The lowest BCUT2D eigenvalue weighted by Crippen LogP contribution is -2.48. The van der Waals surface area contributed by atoms with Crippen LogP contribution in [-0.4, -0.2) is 60.5 Å². The molecule has 0 unspecified atom stereocenters. The fourth-order valence-electron chi connectivity index (χ4n) is 3.35. The zero-order valence-electron chi connectivity index (χ0n) is 15.2. The number of fused-ring (bicyclic) bond motifs is 1. The number of benzene rings is 1. The number of anilines is 1. The summed E-state index contributed by atoms with van der Waals surface area (Å²) in [6.45, 7) is 5.11. The molecule has 0 radical (unpaired) electrons. The lowest BCUT2D eigenvalue weighted by Gasteiger charge is -2.28. The van der Waals surface area contributed by atoms with Gasteiger partial charge in [0.25, 0.3) is 0 Å². The quantitative estimate of drug-likeness (QED) is 0.863. The van der Waals surface area contributed by atoms with Crippen molar-refractivity contribution in [1.29, 1.82) is 0 Å². The molecule has 1 aromatic heterocycles. The molecule has 1 atom stereocenters. The molecule has 8 heteroatoms. The van der Waals surface area contributed by atoms with Gasteiger partial charge in [-0.25, -0.2) is 15.0 Å². The van der Waals surface area contributed by atoms with Crippen LogP contribution in [0.1, 0.15) is 18.5 Å². The summed E-state index contributed by atoms with van der Waals surface area (Å²) in [6, 6.07) is 5.84. The molecule has 2 aromatic rings. The van der Waals surface area contributed by atoms with Crippen LogP contribution in [0, 0.1) is 6.92 Å². The molecule has 0 aliphatic carbocycles. The third-order valence-corrected chi connectivity index (χ3v) is 4.71. The molecule has 1 saturated heterocycles. The Morgan fingerprint density at radius 1 is 1.38 bits per heavy atom. The summed E-state index contributed by atoms with van der Waals surface area (Å²) in [5, 5.41) is 7.45. The van der Waals surface area contributed by atoms with Gasteiger partial charge in [0.05, 0.1) is 32.2 Å². The van der Waals surface area contributed by atoms with Crippen LogP contribution in [0.3, 0.4) is 0 Å². The fraction of sp³-hybridized carbons (Fsp3) is 0.500. The summed E-state index contributed by atoms with van der Waals surface area (Å²) in [7, 11) is 1.65. The van der Waals surface area contributed by atoms with E-state index in [1.807, 2.05) is 25.1 Å². The standard InChI is InChI=1S/C18H24N6O2/c1-12-14-6-3-7-15(25-2)16(14)22-18(21-12)23-17-19-10-24(11-20-17)9-13-5-4-8-26-13/h3,6-7,13H,4-5,8-11H2,1-2H3,(H2,19,20,21,22,23)/t13-/m0/s1. The molecule has 0 spiro atoms. The second-order valence-electron chi connectivity index (χ2n) is 6.59. The highest BCUT2D eigenvalue weighted by Gasteiger charge is 2.21. The predicted octanol–water partition coefficient (Wildman–Crippen LogP) is 1.71. The van der Waals surface area contributed by atoms with E-state index < -0.39 is 0 Å². The summed E-state index contributed by atoms with van der Waals surface area (Å²) >= 11 is 0. The molecule has 4 rings (SSSR count). The van der Waals surface area contributed by atoms with E-state index in [9.17, 15) is 0 Å². The minimum atomic E-state index is 0.334. The highest BCUT2D eigenvalue weighted by atomic mass is 16.5. The van der Waals surface area contributed by atoms with E-state index in [0.29, 0.717) is 24.7 Å². The number of aliphatic imine (C=N–C) groups is 1. The zero-order valence-corrected chi connectivity index (χ0v) is 15.2. The van der Waals surface area contributed by atoms with E-state index >= 15 is 0 Å². The van der Waals surface area contributed by atoms with Crippen molar-refractivity contribution in [2.45, 2.75) is 25.9 Å². The van der Waals surface area contributed by atoms with Crippen molar-refractivity contribution in [3.8, 4) is 5.75 Å². The van der Waals surface area contributed by atoms with Gasteiger partial charge in [-0.05, 0) is 25.8 Å². The van der Waals surface area contributed by atoms with Gasteiger partial charge in [-0.15, -0.1) is 0 Å². The van der Waals surface area contributed by atoms with Crippen LogP contribution in [0.4, 0.5) is 5.95 Å². The number of nitrogens with zero attached hydrogens (tertiary/aromatic N) is 4. The largest absolute Gasteiger partial charge is 0.494 e. The number of rotatable bonds is 4. The number of aryl methyl sites for hydroxylation is 1. The molecule has 138 valence electrons. The van der Waals surface area contributed by atoms with Crippen LogP contribution in [0.15, 0.2) is 23.2 Å². The minimum absolute atomic E-state index is 0.334. The van der Waals surface area contributed by atoms with E-state index in [-0.39, 0.29) is 0 Å². The number of para-hydroxylation sites is 1. The molecule has 0 saturated carbocycles. The van der Waals surface area contributed by atoms with Gasteiger partial charge >= 0.3 is 0 Å². The van der Waals surface area contributed by atoms with Gasteiger partial charge in [0.2, 0.25) is 11.9 Å². The van der Waals surface area contributed by atoms with Crippen LogP contribution in [0.2, 0.25) is 0 Å². The molecule has 26 heavy (non-hydrogen) atoms. The number of hydrogen-bond donors (Lipinski definition) is 2. The summed E-state index contributed by atoms with van der Waals surface area (Å²) < 4.78 is 11.1. The highest BCUT2D eigenvalue weighted by molar-refractivity contribution is 5.94. The average molecular weight is 356 g/mol. The first-order chi connectivity index (χ1) is 12.7. The Kier molecular flexibility index (Phi) is 4.85. The first kappa shape index (κ1) is 17.0. The van der Waals surface area contributed by atoms with Gasteiger partial charge in [-0.2, -0.15) is 0 Å². The second-order valence-corrected chi connectivity index (χ2v) is 6.59. The topological polar surface area (TPSA) is 83.9 Å². The van der Waals surface area contributed by atoms with Crippen molar-refractivity contribution in [3.63, 3.8) is 0 Å². The Balaban J connectivity index is 1.46. The van der Waals surface area contributed by atoms with Crippen molar-refractivity contribution < 1.29 is 9.47 Å². The molecule has 0 bridgehead atoms. The molecular weight excluding hydrogens is 332 g/mol. The van der Waals surface area contributed by atoms with Crippen molar-refractivity contribution in [2.24, 2.45) is 4.99 Å². The number of methoxy groups -OCH3 is 1. The first-order valence-corrected chi connectivity index (χ1v) is 8.93. The molecular formula is C18H24N6O2. The second kappa shape index (κ2) is 7.43. The van der Waals surface area contributed by atoms with E-state index in [0.717, 1.165) is 55.0 Å². The van der Waals surface area contributed by atoms with Gasteiger partial charge in [-0.1, -0.05) is 12.1 Å². The van der Waals surface area contributed by atoms with Crippen molar-refractivity contribution in [1.82, 2.24) is 20.2 Å². The summed E-state index contributed by atoms with van der Waals surface area (Å²) in [6.07, 6.45) is 2.63. The van der Waals surface area contributed by atoms with Crippen molar-refractivity contribution in [3.05, 3.63) is 23.9 Å². The van der Waals surface area contributed by atoms with Crippen LogP contribution < -0.4 is 15.4 Å². The third-order valence-electron chi connectivity index (χ3n) is 4.71. The molecule has 2 aliphatic rings. The smallest absolute Gasteiger partial charge is 0.230 e. The SMILES string of the molecule is COc1cccc2c(C)nc(NC3=NCN(C[C@@H]4CCCO4)CN3)nc12. The van der Waals surface area contributed by atoms with Crippen LogP contribution in [0.5, 0.6) is 5.75 Å². The van der Waals surface area contributed by atoms with Gasteiger partial charge in [0.15, 0.2) is 0 Å². The number of hydrogen-bond acceptors (Lipinski definition) is 8. The van der Waals surface area contributed by atoms with E-state index in [1.54, 1.807) is 7.11 Å². The van der Waals surface area contributed by atoms with Crippen molar-refractivity contribution >= 4 is 22.8 Å². The lowest BCUT2D eigenvalue weighted by atomic mass is 10.2. The van der Waals surface area contributed by atoms with Crippen LogP contribution in [0.25, 0.3) is 10.9 Å². The summed E-state index contributed by atoms with van der Waals surface area (Å²) in [4.78, 5) is 15.9. The molecule has 0 amide bonds. The summed E-state index contributed by atoms with van der Waals surface area (Å²) in [5.41, 5.74) is 1.69. The van der Waals surface area contributed by atoms with Crippen LogP contribution in [-0.2, 0) is 4.74 Å². The van der Waals surface area contributed by atoms with E-state index in [2.05, 4.69) is 30.5 Å². The van der Waals surface area contributed by atoms with Crippen molar-refractivity contribution in [2.75, 3.05) is 38.9 Å². The highest BCUT2D eigenvalue weighted by Crippen LogP contribution is 2.26. The molecule has 3 heterocycles. The van der Waals surface area contributed by atoms with E-state index in [4.69, 9.17) is 9.47 Å². The van der Waals surface area contributed by atoms with Crippen LogP contribution >= 0.6 is 0 Å². The van der Waals surface area contributed by atoms with Gasteiger partial charge in [-0.3, -0.25) is 10.2 Å². The van der Waals surface area contributed by atoms with Gasteiger partial charge < -0.3 is 14.8 Å². The number of guanidine groups is 1. The number of aromatic nitrogens is 2. The molecule has 8 nitrogen and oxygen atoms in total. The first-order valence-electron chi connectivity index (χ1n) is 8.93. The maximum Gasteiger partial charge on any atom is 0.230 e. The third kappa shape index (κ3) is 3.56. The zero-order chi connectivity index (χ0) is 17.9. The average Bonchev–Trinajstić information content (AvgIpc) is 3.16. The Morgan fingerprint density at radius 2 is 2.31 bits per heavy atom. The molecule has 1 fully saturated rings. The Labute approximate surface area is 152 Å². The minimum Gasteiger partial charge on any atom is -0.494 e. The molecule has 1 aromatic carbocycles. The molecule has 2 N–H and O–H groups in total. The monoisotopic (exact) mass is 356 g/mol. The van der Waals surface area contributed by atoms with Gasteiger partial charge in [0.1, 0.15) is 11.3 Å². The lowest BCUT2D eigenvalue weighted by molar-refractivity contribution is 0.0715. The number of nitrogens with one attached hydrogen (secondary N) is 2. The maximum absolute atomic E-state index is 5.69. The normalized spacial score (nSPS) is 20.7. The molecule has 2 aliphatic heterocycles. The Bertz CT molecular complexity index is 819.